The molecule has 0 radical (unpaired) electrons. The molecule has 2 rings (SSSR count). The van der Waals surface area contributed by atoms with Gasteiger partial charge in [0.2, 0.25) is 8.32 Å². The van der Waals surface area contributed by atoms with Crippen molar-refractivity contribution in [1.29, 1.82) is 0 Å². The molecule has 3 nitrogen and oxygen atoms in total. The largest absolute Gasteiger partial charge is 0.456 e. The summed E-state index contributed by atoms with van der Waals surface area (Å²) in [6.45, 7) is 9.35. The van der Waals surface area contributed by atoms with Crippen LogP contribution in [-0.4, -0.2) is 14.6 Å². The van der Waals surface area contributed by atoms with Crippen molar-refractivity contribution in [2.24, 2.45) is 0 Å². The molecule has 118 valence electrons. The van der Waals surface area contributed by atoms with Crippen LogP contribution in [-0.2, 0) is 11.0 Å². The Bertz CT molecular complexity index is 594. The lowest BCUT2D eigenvalue weighted by molar-refractivity contribution is 0.109. The zero-order valence-corrected chi connectivity index (χ0v) is 14.7. The second kappa shape index (κ2) is 7.07. The minimum Gasteiger partial charge on any atom is -0.456 e. The highest BCUT2D eigenvalue weighted by Gasteiger charge is 2.44. The summed E-state index contributed by atoms with van der Waals surface area (Å²) in [5.74, 6) is 1.05. The molecule has 0 bridgehead atoms. The third-order valence-corrected chi connectivity index (χ3v) is 9.48. The van der Waals surface area contributed by atoms with Crippen molar-refractivity contribution in [3.63, 3.8) is 0 Å². The number of hydrogen-bond donors (Lipinski definition) is 0. The summed E-state index contributed by atoms with van der Waals surface area (Å²) in [7, 11) is -2.16. The summed E-state index contributed by atoms with van der Waals surface area (Å²) in [4.78, 5) is 10.7. The van der Waals surface area contributed by atoms with Crippen molar-refractivity contribution in [3.8, 4) is 0 Å². The number of hydrogen-bond acceptors (Lipinski definition) is 3. The minimum atomic E-state index is -2.16. The fourth-order valence-electron chi connectivity index (χ4n) is 3.17. The summed E-state index contributed by atoms with van der Waals surface area (Å²) >= 11 is 0. The molecular formula is C18H24O3Si. The molecule has 0 saturated carbocycles. The molecule has 4 heteroatoms. The van der Waals surface area contributed by atoms with Crippen LogP contribution in [0.15, 0.2) is 46.9 Å². The van der Waals surface area contributed by atoms with Gasteiger partial charge in [-0.25, -0.2) is 0 Å². The number of carbonyl (C=O) groups is 1. The smallest absolute Gasteiger partial charge is 0.229 e. The van der Waals surface area contributed by atoms with Crippen LogP contribution in [0.4, 0.5) is 0 Å². The monoisotopic (exact) mass is 316 g/mol. The lowest BCUT2D eigenvalue weighted by Crippen LogP contribution is -2.55. The third-order valence-electron chi connectivity index (χ3n) is 4.19. The maximum Gasteiger partial charge on any atom is 0.229 e. The number of rotatable bonds is 7. The molecular weight excluding hydrogens is 292 g/mol. The van der Waals surface area contributed by atoms with Crippen LogP contribution >= 0.6 is 0 Å². The number of furan rings is 1. The van der Waals surface area contributed by atoms with Crippen LogP contribution in [0.5, 0.6) is 0 Å². The third kappa shape index (κ3) is 3.23. The van der Waals surface area contributed by atoms with Crippen LogP contribution in [0, 0.1) is 0 Å². The molecule has 1 heterocycles. The molecule has 0 spiro atoms. The van der Waals surface area contributed by atoms with Gasteiger partial charge in [0.05, 0.1) is 6.61 Å². The zero-order chi connectivity index (χ0) is 16.2. The van der Waals surface area contributed by atoms with Crippen molar-refractivity contribution in [2.45, 2.75) is 45.4 Å². The van der Waals surface area contributed by atoms with E-state index in [4.69, 9.17) is 8.84 Å². The first-order valence-corrected chi connectivity index (χ1v) is 9.80. The standard InChI is InChI=1S/C18H24O3Si/c1-14(2)22(15(3)4,18-8-6-5-7-9-18)20-13-17-11-10-16(12-19)21-17/h5-12,14-15H,13H2,1-4H3. The Labute approximate surface area is 133 Å². The molecule has 0 fully saturated rings. The van der Waals surface area contributed by atoms with Crippen LogP contribution in [0.25, 0.3) is 0 Å². The fraction of sp³-hybridized carbons (Fsp3) is 0.389. The lowest BCUT2D eigenvalue weighted by atomic mass is 10.4. The van der Waals surface area contributed by atoms with E-state index in [0.717, 1.165) is 6.29 Å². The van der Waals surface area contributed by atoms with E-state index < -0.39 is 8.32 Å². The van der Waals surface area contributed by atoms with E-state index in [1.165, 1.54) is 5.19 Å². The average molecular weight is 316 g/mol. The molecule has 0 unspecified atom stereocenters. The molecule has 0 aliphatic carbocycles. The van der Waals surface area contributed by atoms with Crippen molar-refractivity contribution in [3.05, 3.63) is 54.0 Å². The van der Waals surface area contributed by atoms with E-state index in [1.54, 1.807) is 6.07 Å². The molecule has 0 aliphatic rings. The maximum absolute atomic E-state index is 10.7. The number of carbonyl (C=O) groups excluding carboxylic acids is 1. The van der Waals surface area contributed by atoms with E-state index in [2.05, 4.69) is 52.0 Å². The first kappa shape index (κ1) is 16.7. The van der Waals surface area contributed by atoms with E-state index in [9.17, 15) is 4.79 Å². The number of aldehydes is 1. The molecule has 1 aromatic heterocycles. The second-order valence-corrected chi connectivity index (χ2v) is 10.9. The SMILES string of the molecule is CC(C)[Si](OCc1ccc(C=O)o1)(c1ccccc1)C(C)C. The molecule has 1 aromatic carbocycles. The summed E-state index contributed by atoms with van der Waals surface area (Å²) in [6.07, 6.45) is 0.719. The van der Waals surface area contributed by atoms with Crippen molar-refractivity contribution in [2.75, 3.05) is 0 Å². The Hall–Kier alpha value is -1.65. The quantitative estimate of drug-likeness (QED) is 0.565. The van der Waals surface area contributed by atoms with E-state index in [0.29, 0.717) is 29.2 Å². The topological polar surface area (TPSA) is 39.4 Å². The van der Waals surface area contributed by atoms with Gasteiger partial charge in [0.1, 0.15) is 5.76 Å². The Morgan fingerprint density at radius 1 is 1.05 bits per heavy atom. The Kier molecular flexibility index (Phi) is 5.37. The fourth-order valence-corrected chi connectivity index (χ4v) is 7.77. The van der Waals surface area contributed by atoms with Gasteiger partial charge in [-0.05, 0) is 28.4 Å². The predicted octanol–water partition coefficient (Wildman–Crippen LogP) is 4.28. The number of benzene rings is 1. The van der Waals surface area contributed by atoms with Gasteiger partial charge < -0.3 is 8.84 Å². The molecule has 22 heavy (non-hydrogen) atoms. The molecule has 0 N–H and O–H groups in total. The second-order valence-electron chi connectivity index (χ2n) is 6.18. The first-order chi connectivity index (χ1) is 10.5. The highest BCUT2D eigenvalue weighted by Crippen LogP contribution is 2.34. The van der Waals surface area contributed by atoms with E-state index >= 15 is 0 Å². The summed E-state index contributed by atoms with van der Waals surface area (Å²) in [5, 5.41) is 1.31. The maximum atomic E-state index is 10.7. The van der Waals surface area contributed by atoms with Crippen molar-refractivity contribution < 1.29 is 13.6 Å². The highest BCUT2D eigenvalue weighted by atomic mass is 28.4. The molecule has 0 aliphatic heterocycles. The predicted molar refractivity (Wildman–Crippen MR) is 90.9 cm³/mol. The lowest BCUT2D eigenvalue weighted by Gasteiger charge is -2.38. The Morgan fingerprint density at radius 3 is 2.18 bits per heavy atom. The molecule has 0 amide bonds. The van der Waals surface area contributed by atoms with Crippen molar-refractivity contribution >= 4 is 19.8 Å². The van der Waals surface area contributed by atoms with Gasteiger partial charge in [0.15, 0.2) is 12.0 Å². The van der Waals surface area contributed by atoms with Crippen LogP contribution in [0.1, 0.15) is 44.0 Å². The van der Waals surface area contributed by atoms with Crippen LogP contribution in [0.2, 0.25) is 11.1 Å². The van der Waals surface area contributed by atoms with Crippen LogP contribution in [0.3, 0.4) is 0 Å². The van der Waals surface area contributed by atoms with Crippen LogP contribution < -0.4 is 5.19 Å². The highest BCUT2D eigenvalue weighted by molar-refractivity contribution is 6.88. The van der Waals surface area contributed by atoms with Gasteiger partial charge >= 0.3 is 0 Å². The van der Waals surface area contributed by atoms with Gasteiger partial charge in [-0.1, -0.05) is 58.0 Å². The minimum absolute atomic E-state index is 0.347. The Morgan fingerprint density at radius 2 is 1.68 bits per heavy atom. The zero-order valence-electron chi connectivity index (χ0n) is 13.7. The van der Waals surface area contributed by atoms with E-state index in [1.807, 2.05) is 12.1 Å². The molecule has 0 saturated heterocycles. The van der Waals surface area contributed by atoms with E-state index in [-0.39, 0.29) is 0 Å². The van der Waals surface area contributed by atoms with Gasteiger partial charge in [-0.15, -0.1) is 0 Å². The summed E-state index contributed by atoms with van der Waals surface area (Å²) < 4.78 is 12.0. The summed E-state index contributed by atoms with van der Waals surface area (Å²) in [6, 6.07) is 14.0. The molecule has 0 atom stereocenters. The Balaban J connectivity index is 2.30. The first-order valence-electron chi connectivity index (χ1n) is 7.74. The van der Waals surface area contributed by atoms with Gasteiger partial charge in [-0.3, -0.25) is 4.79 Å². The average Bonchev–Trinajstić information content (AvgIpc) is 2.96. The summed E-state index contributed by atoms with van der Waals surface area (Å²) in [5.41, 5.74) is 0.880. The van der Waals surface area contributed by atoms with Gasteiger partial charge in [0, 0.05) is 0 Å². The normalized spacial score (nSPS) is 12.1. The van der Waals surface area contributed by atoms with Gasteiger partial charge in [-0.2, -0.15) is 0 Å². The molecule has 2 aromatic rings. The van der Waals surface area contributed by atoms with Gasteiger partial charge in [0.25, 0.3) is 0 Å². The van der Waals surface area contributed by atoms with Crippen molar-refractivity contribution in [1.82, 2.24) is 0 Å².